The molecule has 3 rings (SSSR count). The van der Waals surface area contributed by atoms with Crippen molar-refractivity contribution in [1.29, 1.82) is 0 Å². The van der Waals surface area contributed by atoms with Crippen LogP contribution in [0.3, 0.4) is 0 Å². The molecule has 4 nitrogen and oxygen atoms in total. The molecule has 0 radical (unpaired) electrons. The van der Waals surface area contributed by atoms with E-state index in [1.807, 2.05) is 6.92 Å². The smallest absolute Gasteiger partial charge is 0.223 e. The summed E-state index contributed by atoms with van der Waals surface area (Å²) < 4.78 is 11.3. The average molecular weight is 395 g/mol. The van der Waals surface area contributed by atoms with Gasteiger partial charge in [0.15, 0.2) is 0 Å². The first-order valence-electron chi connectivity index (χ1n) is 10.8. The largest absolute Gasteiger partial charge is 0.477 e. The van der Waals surface area contributed by atoms with Gasteiger partial charge in [0.25, 0.3) is 0 Å². The standard InChI is InChI=1S/C25H34N2O2/c1-7-18(15-28-6)20-13-17(5)24-19(14-20)9-11-23(26-24)21-10-12-22(16(3)4)27-25(21)29-8-2/h9-13,16,18,20H,7-8,14-15H2,1-6H3/t18-,20?/m1/s1. The molecule has 1 aliphatic carbocycles. The molecule has 0 aliphatic heterocycles. The maximum atomic E-state index is 5.86. The second kappa shape index (κ2) is 9.53. The van der Waals surface area contributed by atoms with Crippen molar-refractivity contribution in [1.82, 2.24) is 9.97 Å². The summed E-state index contributed by atoms with van der Waals surface area (Å²) in [7, 11) is 1.79. The Morgan fingerprint density at radius 3 is 2.55 bits per heavy atom. The van der Waals surface area contributed by atoms with Crippen LogP contribution in [0.25, 0.3) is 16.8 Å². The Labute approximate surface area is 175 Å². The first-order valence-corrected chi connectivity index (χ1v) is 10.8. The molecule has 1 aliphatic rings. The van der Waals surface area contributed by atoms with Gasteiger partial charge in [-0.1, -0.05) is 39.3 Å². The minimum Gasteiger partial charge on any atom is -0.477 e. The quantitative estimate of drug-likeness (QED) is 0.558. The van der Waals surface area contributed by atoms with Crippen LogP contribution in [-0.2, 0) is 11.2 Å². The molecule has 0 saturated heterocycles. The molecule has 2 heterocycles. The Morgan fingerprint density at radius 1 is 1.10 bits per heavy atom. The molecular weight excluding hydrogens is 360 g/mol. The average Bonchev–Trinajstić information content (AvgIpc) is 2.72. The fourth-order valence-electron chi connectivity index (χ4n) is 4.14. The van der Waals surface area contributed by atoms with Crippen LogP contribution in [0.2, 0.25) is 0 Å². The number of pyridine rings is 2. The summed E-state index contributed by atoms with van der Waals surface area (Å²) >= 11 is 0. The fourth-order valence-corrected chi connectivity index (χ4v) is 4.14. The highest BCUT2D eigenvalue weighted by Crippen LogP contribution is 2.36. The van der Waals surface area contributed by atoms with Crippen LogP contribution in [0.15, 0.2) is 30.3 Å². The Bertz CT molecular complexity index is 873. The summed E-state index contributed by atoms with van der Waals surface area (Å²) in [6.07, 6.45) is 4.52. The van der Waals surface area contributed by atoms with E-state index in [2.05, 4.69) is 58.0 Å². The SMILES string of the molecule is CCOc1nc(C(C)C)ccc1-c1ccc2c(n1)C(C)=CC([C@H](CC)COC)C2. The molecule has 0 amide bonds. The highest BCUT2D eigenvalue weighted by molar-refractivity contribution is 5.72. The van der Waals surface area contributed by atoms with Crippen LogP contribution in [0.1, 0.15) is 63.9 Å². The number of ether oxygens (including phenoxy) is 2. The molecule has 2 aromatic rings. The van der Waals surface area contributed by atoms with Gasteiger partial charge in [-0.15, -0.1) is 0 Å². The van der Waals surface area contributed by atoms with Gasteiger partial charge < -0.3 is 9.47 Å². The molecule has 0 fully saturated rings. The zero-order valence-electron chi connectivity index (χ0n) is 18.7. The van der Waals surface area contributed by atoms with Gasteiger partial charge in [0, 0.05) is 19.4 Å². The highest BCUT2D eigenvalue weighted by atomic mass is 16.5. The number of aromatic nitrogens is 2. The third-order valence-electron chi connectivity index (χ3n) is 5.81. The topological polar surface area (TPSA) is 44.2 Å². The van der Waals surface area contributed by atoms with Crippen LogP contribution in [0.4, 0.5) is 0 Å². The third-order valence-corrected chi connectivity index (χ3v) is 5.81. The van der Waals surface area contributed by atoms with Gasteiger partial charge >= 0.3 is 0 Å². The summed E-state index contributed by atoms with van der Waals surface area (Å²) in [5.74, 6) is 2.08. The van der Waals surface area contributed by atoms with E-state index < -0.39 is 0 Å². The first-order chi connectivity index (χ1) is 14.0. The van der Waals surface area contributed by atoms with Gasteiger partial charge in [0.05, 0.1) is 23.6 Å². The highest BCUT2D eigenvalue weighted by Gasteiger charge is 2.25. The number of fused-ring (bicyclic) bond motifs is 1. The molecule has 2 aromatic heterocycles. The van der Waals surface area contributed by atoms with Crippen molar-refractivity contribution in [2.45, 2.75) is 53.4 Å². The molecule has 0 aromatic carbocycles. The van der Waals surface area contributed by atoms with Crippen molar-refractivity contribution < 1.29 is 9.47 Å². The van der Waals surface area contributed by atoms with E-state index >= 15 is 0 Å². The second-order valence-corrected chi connectivity index (χ2v) is 8.22. The van der Waals surface area contributed by atoms with Crippen molar-refractivity contribution in [2.75, 3.05) is 20.3 Å². The molecule has 4 heteroatoms. The summed E-state index contributed by atoms with van der Waals surface area (Å²) in [6.45, 7) is 12.1. The fraction of sp³-hybridized carbons (Fsp3) is 0.520. The van der Waals surface area contributed by atoms with Gasteiger partial charge in [-0.3, -0.25) is 0 Å². The third kappa shape index (κ3) is 4.69. The first kappa shape index (κ1) is 21.5. The zero-order valence-corrected chi connectivity index (χ0v) is 18.7. The number of allylic oxidation sites excluding steroid dienone is 2. The van der Waals surface area contributed by atoms with Crippen LogP contribution in [0, 0.1) is 11.8 Å². The summed E-state index contributed by atoms with van der Waals surface area (Å²) in [5.41, 5.74) is 6.58. The van der Waals surface area contributed by atoms with Crippen molar-refractivity contribution in [3.63, 3.8) is 0 Å². The lowest BCUT2D eigenvalue weighted by Crippen LogP contribution is -2.23. The van der Waals surface area contributed by atoms with Crippen molar-refractivity contribution in [2.24, 2.45) is 11.8 Å². The number of hydrogen-bond acceptors (Lipinski definition) is 4. The van der Waals surface area contributed by atoms with Crippen LogP contribution in [0.5, 0.6) is 5.88 Å². The monoisotopic (exact) mass is 394 g/mol. The van der Waals surface area contributed by atoms with E-state index in [0.717, 1.165) is 42.1 Å². The zero-order chi connectivity index (χ0) is 21.0. The lowest BCUT2D eigenvalue weighted by atomic mass is 9.79. The molecule has 1 unspecified atom stereocenters. The van der Waals surface area contributed by atoms with E-state index in [1.165, 1.54) is 11.1 Å². The lowest BCUT2D eigenvalue weighted by molar-refractivity contribution is 0.129. The maximum Gasteiger partial charge on any atom is 0.223 e. The summed E-state index contributed by atoms with van der Waals surface area (Å²) in [6, 6.07) is 8.52. The Balaban J connectivity index is 1.96. The normalized spacial score (nSPS) is 17.1. The van der Waals surface area contributed by atoms with Crippen LogP contribution in [-0.4, -0.2) is 30.3 Å². The van der Waals surface area contributed by atoms with Gasteiger partial charge in [-0.25, -0.2) is 9.97 Å². The number of methoxy groups -OCH3 is 1. The van der Waals surface area contributed by atoms with Gasteiger partial charge in [0.1, 0.15) is 0 Å². The minimum atomic E-state index is 0.362. The molecular formula is C25H34N2O2. The molecule has 156 valence electrons. The molecule has 0 saturated carbocycles. The molecule has 0 bridgehead atoms. The van der Waals surface area contributed by atoms with E-state index in [0.29, 0.717) is 30.2 Å². The Kier molecular flexibility index (Phi) is 7.07. The Morgan fingerprint density at radius 2 is 1.90 bits per heavy atom. The molecule has 0 spiro atoms. The van der Waals surface area contributed by atoms with Crippen LogP contribution < -0.4 is 4.74 Å². The summed E-state index contributed by atoms with van der Waals surface area (Å²) in [4.78, 5) is 9.77. The van der Waals surface area contributed by atoms with Gasteiger partial charge in [-0.05, 0) is 67.4 Å². The molecule has 0 N–H and O–H groups in total. The van der Waals surface area contributed by atoms with E-state index in [9.17, 15) is 0 Å². The predicted octanol–water partition coefficient (Wildman–Crippen LogP) is 5.91. The van der Waals surface area contributed by atoms with E-state index in [4.69, 9.17) is 19.4 Å². The number of hydrogen-bond donors (Lipinski definition) is 0. The van der Waals surface area contributed by atoms with E-state index in [-0.39, 0.29) is 0 Å². The predicted molar refractivity (Wildman–Crippen MR) is 119 cm³/mol. The second-order valence-electron chi connectivity index (χ2n) is 8.22. The van der Waals surface area contributed by atoms with Crippen molar-refractivity contribution in [3.8, 4) is 17.1 Å². The maximum absolute atomic E-state index is 5.86. The van der Waals surface area contributed by atoms with Gasteiger partial charge in [-0.2, -0.15) is 0 Å². The molecule has 29 heavy (non-hydrogen) atoms. The van der Waals surface area contributed by atoms with E-state index in [1.54, 1.807) is 7.11 Å². The van der Waals surface area contributed by atoms with Crippen LogP contribution >= 0.6 is 0 Å². The lowest BCUT2D eigenvalue weighted by Gasteiger charge is -2.28. The number of rotatable bonds is 8. The minimum absolute atomic E-state index is 0.362. The number of nitrogens with zero attached hydrogens (tertiary/aromatic N) is 2. The van der Waals surface area contributed by atoms with Crippen molar-refractivity contribution >= 4 is 5.57 Å². The van der Waals surface area contributed by atoms with Crippen molar-refractivity contribution in [3.05, 3.63) is 47.3 Å². The molecule has 2 atom stereocenters. The summed E-state index contributed by atoms with van der Waals surface area (Å²) in [5, 5.41) is 0. The van der Waals surface area contributed by atoms with Gasteiger partial charge in [0.2, 0.25) is 5.88 Å². The Hall–Kier alpha value is -2.20.